The Kier molecular flexibility index (Phi) is 6.19. The molecule has 1 aliphatic heterocycles. The number of halogens is 1. The average molecular weight is 407 g/mol. The highest BCUT2D eigenvalue weighted by atomic mass is 35.5. The van der Waals surface area contributed by atoms with Crippen LogP contribution in [0.3, 0.4) is 0 Å². The van der Waals surface area contributed by atoms with Crippen LogP contribution in [0.1, 0.15) is 25.3 Å². The fourth-order valence-corrected chi connectivity index (χ4v) is 5.32. The minimum atomic E-state index is -3.68. The molecule has 2 atom stereocenters. The summed E-state index contributed by atoms with van der Waals surface area (Å²) in [6.45, 7) is 2.27. The normalized spacial score (nSPS) is 19.0. The molecule has 7 heteroatoms. The van der Waals surface area contributed by atoms with Crippen LogP contribution in [0, 0.1) is 0 Å². The summed E-state index contributed by atoms with van der Waals surface area (Å²) in [5, 5.41) is 3.61. The zero-order chi connectivity index (χ0) is 19.4. The first kappa shape index (κ1) is 19.9. The molecule has 2 aromatic carbocycles. The van der Waals surface area contributed by atoms with Crippen molar-refractivity contribution in [3.63, 3.8) is 0 Å². The summed E-state index contributed by atoms with van der Waals surface area (Å²) in [7, 11) is -3.68. The van der Waals surface area contributed by atoms with Crippen LogP contribution in [0.25, 0.3) is 0 Å². The number of hydrogen-bond acceptors (Lipinski definition) is 3. The molecule has 1 N–H and O–H groups in total. The number of nitrogens with one attached hydrogen (secondary N) is 1. The zero-order valence-corrected chi connectivity index (χ0v) is 16.7. The predicted octanol–water partition coefficient (Wildman–Crippen LogP) is 3.24. The maximum atomic E-state index is 12.9. The van der Waals surface area contributed by atoms with E-state index in [1.54, 1.807) is 36.4 Å². The van der Waals surface area contributed by atoms with E-state index < -0.39 is 16.1 Å². The van der Waals surface area contributed by atoms with Gasteiger partial charge in [0.2, 0.25) is 15.9 Å². The topological polar surface area (TPSA) is 66.5 Å². The largest absolute Gasteiger partial charge is 0.352 e. The van der Waals surface area contributed by atoms with Crippen molar-refractivity contribution >= 4 is 27.5 Å². The van der Waals surface area contributed by atoms with Crippen molar-refractivity contribution in [1.82, 2.24) is 9.62 Å². The quantitative estimate of drug-likeness (QED) is 0.800. The van der Waals surface area contributed by atoms with Crippen LogP contribution in [0.15, 0.2) is 59.5 Å². The van der Waals surface area contributed by atoms with E-state index in [4.69, 9.17) is 11.6 Å². The van der Waals surface area contributed by atoms with Gasteiger partial charge in [-0.15, -0.1) is 0 Å². The summed E-state index contributed by atoms with van der Waals surface area (Å²) in [6, 6.07) is 15.0. The lowest BCUT2D eigenvalue weighted by Gasteiger charge is -2.25. The van der Waals surface area contributed by atoms with Crippen molar-refractivity contribution in [2.45, 2.75) is 43.2 Å². The fraction of sp³-hybridized carbons (Fsp3) is 0.350. The van der Waals surface area contributed by atoms with Crippen LogP contribution >= 0.6 is 11.6 Å². The van der Waals surface area contributed by atoms with Crippen LogP contribution in [-0.4, -0.2) is 37.3 Å². The van der Waals surface area contributed by atoms with Gasteiger partial charge in [-0.1, -0.05) is 41.9 Å². The Bertz CT molecular complexity index is 902. The highest BCUT2D eigenvalue weighted by Crippen LogP contribution is 2.26. The van der Waals surface area contributed by atoms with Gasteiger partial charge in [-0.2, -0.15) is 4.31 Å². The van der Waals surface area contributed by atoms with E-state index in [-0.39, 0.29) is 16.8 Å². The molecule has 1 fully saturated rings. The molecule has 0 aromatic heterocycles. The van der Waals surface area contributed by atoms with Gasteiger partial charge in [-0.05, 0) is 56.0 Å². The van der Waals surface area contributed by atoms with Gasteiger partial charge in [0.15, 0.2) is 0 Å². The number of rotatable bonds is 6. The molecule has 0 aliphatic carbocycles. The minimum Gasteiger partial charge on any atom is -0.352 e. The third kappa shape index (κ3) is 4.69. The third-order valence-electron chi connectivity index (χ3n) is 4.68. The molecule has 0 saturated carbocycles. The Morgan fingerprint density at radius 2 is 1.96 bits per heavy atom. The average Bonchev–Trinajstić information content (AvgIpc) is 3.13. The summed E-state index contributed by atoms with van der Waals surface area (Å²) < 4.78 is 27.1. The molecule has 0 bridgehead atoms. The van der Waals surface area contributed by atoms with Crippen molar-refractivity contribution in [3.05, 3.63) is 65.2 Å². The maximum Gasteiger partial charge on any atom is 0.243 e. The highest BCUT2D eigenvalue weighted by molar-refractivity contribution is 7.89. The summed E-state index contributed by atoms with van der Waals surface area (Å²) in [5.41, 5.74) is 1.02. The van der Waals surface area contributed by atoms with Crippen LogP contribution in [0.5, 0.6) is 0 Å². The first-order chi connectivity index (χ1) is 12.9. The zero-order valence-electron chi connectivity index (χ0n) is 15.1. The van der Waals surface area contributed by atoms with Crippen molar-refractivity contribution in [1.29, 1.82) is 0 Å². The number of carbonyl (C=O) groups excluding carboxylic acids is 1. The van der Waals surface area contributed by atoms with Gasteiger partial charge in [-0.3, -0.25) is 4.79 Å². The molecular formula is C20H23ClN2O3S. The molecule has 1 saturated heterocycles. The van der Waals surface area contributed by atoms with E-state index >= 15 is 0 Å². The van der Waals surface area contributed by atoms with E-state index in [0.717, 1.165) is 5.56 Å². The molecule has 2 aromatic rings. The number of hydrogen-bond donors (Lipinski definition) is 1. The number of sulfonamides is 1. The molecule has 0 spiro atoms. The maximum absolute atomic E-state index is 12.9. The van der Waals surface area contributed by atoms with Gasteiger partial charge in [-0.25, -0.2) is 8.42 Å². The summed E-state index contributed by atoms with van der Waals surface area (Å²) in [4.78, 5) is 13.0. The fourth-order valence-electron chi connectivity index (χ4n) is 3.43. The molecule has 144 valence electrons. The second-order valence-electron chi connectivity index (χ2n) is 6.83. The summed E-state index contributed by atoms with van der Waals surface area (Å²) in [6.07, 6.45) is 1.83. The Hall–Kier alpha value is -1.89. The molecule has 1 heterocycles. The molecule has 3 rings (SSSR count). The van der Waals surface area contributed by atoms with E-state index in [1.165, 1.54) is 4.31 Å². The monoisotopic (exact) mass is 406 g/mol. The van der Waals surface area contributed by atoms with Gasteiger partial charge < -0.3 is 5.32 Å². The first-order valence-electron chi connectivity index (χ1n) is 8.99. The molecule has 0 unspecified atom stereocenters. The van der Waals surface area contributed by atoms with E-state index in [2.05, 4.69) is 5.32 Å². The second-order valence-corrected chi connectivity index (χ2v) is 9.16. The van der Waals surface area contributed by atoms with Gasteiger partial charge in [0.25, 0.3) is 0 Å². The molecule has 5 nitrogen and oxygen atoms in total. The molecule has 1 aliphatic rings. The number of amides is 1. The molecule has 27 heavy (non-hydrogen) atoms. The molecular weight excluding hydrogens is 384 g/mol. The Labute approximate surface area is 165 Å². The van der Waals surface area contributed by atoms with Crippen molar-refractivity contribution in [3.8, 4) is 0 Å². The third-order valence-corrected chi connectivity index (χ3v) is 6.83. The SMILES string of the molecule is C[C@H](Cc1cccc(Cl)c1)NC(=O)[C@@H]1CCCN1S(=O)(=O)c1ccccc1. The minimum absolute atomic E-state index is 0.127. The summed E-state index contributed by atoms with van der Waals surface area (Å²) >= 11 is 6.00. The van der Waals surface area contributed by atoms with Crippen molar-refractivity contribution in [2.75, 3.05) is 6.54 Å². The second kappa shape index (κ2) is 8.42. The van der Waals surface area contributed by atoms with Gasteiger partial charge in [0, 0.05) is 17.6 Å². The van der Waals surface area contributed by atoms with Gasteiger partial charge >= 0.3 is 0 Å². The van der Waals surface area contributed by atoms with Crippen LogP contribution in [-0.2, 0) is 21.2 Å². The Balaban J connectivity index is 1.68. The van der Waals surface area contributed by atoms with Gasteiger partial charge in [0.05, 0.1) is 4.90 Å². The van der Waals surface area contributed by atoms with Crippen molar-refractivity contribution < 1.29 is 13.2 Å². The number of benzene rings is 2. The standard InChI is InChI=1S/C20H23ClN2O3S/c1-15(13-16-7-5-8-17(21)14-16)22-20(24)19-11-6-12-23(19)27(25,26)18-9-3-2-4-10-18/h2-5,7-10,14-15,19H,6,11-13H2,1H3,(H,22,24)/t15-,19+/m1/s1. The van der Waals surface area contributed by atoms with E-state index in [9.17, 15) is 13.2 Å². The van der Waals surface area contributed by atoms with Crippen LogP contribution < -0.4 is 5.32 Å². The van der Waals surface area contributed by atoms with Crippen molar-refractivity contribution in [2.24, 2.45) is 0 Å². The van der Waals surface area contributed by atoms with Crippen LogP contribution in [0.4, 0.5) is 0 Å². The number of nitrogens with zero attached hydrogens (tertiary/aromatic N) is 1. The lowest BCUT2D eigenvalue weighted by Crippen LogP contribution is -2.48. The van der Waals surface area contributed by atoms with Crippen LogP contribution in [0.2, 0.25) is 5.02 Å². The lowest BCUT2D eigenvalue weighted by atomic mass is 10.1. The smallest absolute Gasteiger partial charge is 0.243 e. The molecule has 1 amide bonds. The molecule has 0 radical (unpaired) electrons. The highest BCUT2D eigenvalue weighted by Gasteiger charge is 2.39. The lowest BCUT2D eigenvalue weighted by molar-refractivity contribution is -0.124. The Morgan fingerprint density at radius 3 is 2.67 bits per heavy atom. The predicted molar refractivity (Wildman–Crippen MR) is 106 cm³/mol. The number of carbonyl (C=O) groups is 1. The van der Waals surface area contributed by atoms with E-state index in [1.807, 2.05) is 25.1 Å². The summed E-state index contributed by atoms with van der Waals surface area (Å²) in [5.74, 6) is -0.249. The van der Waals surface area contributed by atoms with Gasteiger partial charge in [0.1, 0.15) is 6.04 Å². The first-order valence-corrected chi connectivity index (χ1v) is 10.8. The van der Waals surface area contributed by atoms with E-state index in [0.29, 0.717) is 30.8 Å². The Morgan fingerprint density at radius 1 is 1.22 bits per heavy atom.